The Morgan fingerprint density at radius 1 is 1.07 bits per heavy atom. The SMILES string of the molecule is COc1ccc(CN(C=O)CC(=O)NCc2ccc(C(F)(F)F)cc2)cc1. The van der Waals surface area contributed by atoms with Crippen LogP contribution in [0.3, 0.4) is 0 Å². The summed E-state index contributed by atoms with van der Waals surface area (Å²) in [6.07, 6.45) is -3.82. The van der Waals surface area contributed by atoms with Crippen LogP contribution in [0.25, 0.3) is 0 Å². The van der Waals surface area contributed by atoms with Crippen molar-refractivity contribution in [2.24, 2.45) is 0 Å². The van der Waals surface area contributed by atoms with Gasteiger partial charge in [0.25, 0.3) is 0 Å². The zero-order chi connectivity index (χ0) is 19.9. The van der Waals surface area contributed by atoms with Gasteiger partial charge >= 0.3 is 6.18 Å². The van der Waals surface area contributed by atoms with Crippen LogP contribution in [-0.2, 0) is 28.9 Å². The van der Waals surface area contributed by atoms with Gasteiger partial charge in [0.15, 0.2) is 0 Å². The second-order valence-electron chi connectivity index (χ2n) is 5.83. The number of rotatable bonds is 8. The maximum Gasteiger partial charge on any atom is 0.416 e. The zero-order valence-corrected chi connectivity index (χ0v) is 14.6. The van der Waals surface area contributed by atoms with Crippen molar-refractivity contribution in [3.63, 3.8) is 0 Å². The van der Waals surface area contributed by atoms with Gasteiger partial charge in [-0.05, 0) is 35.4 Å². The van der Waals surface area contributed by atoms with E-state index in [1.54, 1.807) is 31.4 Å². The van der Waals surface area contributed by atoms with Crippen molar-refractivity contribution in [2.45, 2.75) is 19.3 Å². The standard InChI is InChI=1S/C19H19F3N2O3/c1-27-17-8-4-15(5-9-17)11-24(13-25)12-18(26)23-10-14-2-6-16(7-3-14)19(20,21)22/h2-9,13H,10-12H2,1H3,(H,23,26). The van der Waals surface area contributed by atoms with E-state index in [1.807, 2.05) is 0 Å². The Morgan fingerprint density at radius 2 is 1.67 bits per heavy atom. The molecule has 0 spiro atoms. The molecule has 0 fully saturated rings. The average molecular weight is 380 g/mol. The molecule has 0 unspecified atom stereocenters. The minimum Gasteiger partial charge on any atom is -0.497 e. The third-order valence-corrected chi connectivity index (χ3v) is 3.81. The number of nitrogens with zero attached hydrogens (tertiary/aromatic N) is 1. The monoisotopic (exact) mass is 380 g/mol. The lowest BCUT2D eigenvalue weighted by molar-refractivity contribution is -0.137. The first kappa shape index (κ1) is 20.3. The lowest BCUT2D eigenvalue weighted by Crippen LogP contribution is -2.35. The van der Waals surface area contributed by atoms with Crippen LogP contribution >= 0.6 is 0 Å². The van der Waals surface area contributed by atoms with Crippen LogP contribution in [0.2, 0.25) is 0 Å². The summed E-state index contributed by atoms with van der Waals surface area (Å²) in [5, 5.41) is 2.59. The van der Waals surface area contributed by atoms with Crippen LogP contribution in [0.15, 0.2) is 48.5 Å². The van der Waals surface area contributed by atoms with Gasteiger partial charge in [0.05, 0.1) is 19.2 Å². The van der Waals surface area contributed by atoms with E-state index in [0.29, 0.717) is 17.7 Å². The summed E-state index contributed by atoms with van der Waals surface area (Å²) < 4.78 is 42.6. The molecule has 0 aliphatic rings. The van der Waals surface area contributed by atoms with Crippen LogP contribution in [-0.4, -0.2) is 30.9 Å². The van der Waals surface area contributed by atoms with E-state index < -0.39 is 17.6 Å². The quantitative estimate of drug-likeness (QED) is 0.717. The number of carbonyl (C=O) groups is 2. The predicted octanol–water partition coefficient (Wildman–Crippen LogP) is 2.99. The highest BCUT2D eigenvalue weighted by Crippen LogP contribution is 2.29. The zero-order valence-electron chi connectivity index (χ0n) is 14.6. The molecule has 0 aromatic heterocycles. The van der Waals surface area contributed by atoms with Gasteiger partial charge in [0.1, 0.15) is 5.75 Å². The van der Waals surface area contributed by atoms with Gasteiger partial charge in [-0.1, -0.05) is 24.3 Å². The molecule has 0 atom stereocenters. The van der Waals surface area contributed by atoms with Crippen molar-refractivity contribution in [3.8, 4) is 5.75 Å². The summed E-state index contributed by atoms with van der Waals surface area (Å²) in [4.78, 5) is 24.5. The molecule has 8 heteroatoms. The van der Waals surface area contributed by atoms with E-state index in [2.05, 4.69) is 5.32 Å². The molecule has 0 aliphatic heterocycles. The largest absolute Gasteiger partial charge is 0.497 e. The molecule has 0 heterocycles. The Balaban J connectivity index is 1.84. The van der Waals surface area contributed by atoms with Crippen LogP contribution in [0.5, 0.6) is 5.75 Å². The molecular formula is C19H19F3N2O3. The number of nitrogens with one attached hydrogen (secondary N) is 1. The minimum atomic E-state index is -4.40. The van der Waals surface area contributed by atoms with Gasteiger partial charge in [-0.3, -0.25) is 9.59 Å². The summed E-state index contributed by atoms with van der Waals surface area (Å²) in [6.45, 7) is 0.170. The first-order chi connectivity index (χ1) is 12.8. The van der Waals surface area contributed by atoms with Crippen LogP contribution in [0, 0.1) is 0 Å². The number of hydrogen-bond acceptors (Lipinski definition) is 3. The van der Waals surface area contributed by atoms with Crippen LogP contribution in [0.1, 0.15) is 16.7 Å². The highest BCUT2D eigenvalue weighted by molar-refractivity contribution is 5.79. The van der Waals surface area contributed by atoms with E-state index in [9.17, 15) is 22.8 Å². The fourth-order valence-corrected chi connectivity index (χ4v) is 2.35. The Hall–Kier alpha value is -3.03. The summed E-state index contributed by atoms with van der Waals surface area (Å²) in [5.74, 6) is 0.279. The van der Waals surface area contributed by atoms with Gasteiger partial charge in [-0.15, -0.1) is 0 Å². The Kier molecular flexibility index (Phi) is 6.81. The maximum atomic E-state index is 12.5. The van der Waals surface area contributed by atoms with Gasteiger partial charge < -0.3 is 15.0 Å². The number of halogens is 3. The molecule has 2 aromatic carbocycles. The van der Waals surface area contributed by atoms with E-state index in [4.69, 9.17) is 4.74 Å². The molecule has 0 saturated heterocycles. The lowest BCUT2D eigenvalue weighted by Gasteiger charge is -2.17. The van der Waals surface area contributed by atoms with Gasteiger partial charge in [0, 0.05) is 13.1 Å². The Labute approximate surface area is 154 Å². The topological polar surface area (TPSA) is 58.6 Å². The lowest BCUT2D eigenvalue weighted by atomic mass is 10.1. The summed E-state index contributed by atoms with van der Waals surface area (Å²) in [7, 11) is 1.55. The minimum absolute atomic E-state index is 0.0756. The molecule has 2 rings (SSSR count). The number of methoxy groups -OCH3 is 1. The highest BCUT2D eigenvalue weighted by atomic mass is 19.4. The van der Waals surface area contributed by atoms with E-state index in [-0.39, 0.29) is 19.6 Å². The summed E-state index contributed by atoms with van der Waals surface area (Å²) in [5.41, 5.74) is 0.617. The molecule has 144 valence electrons. The Bertz CT molecular complexity index is 759. The number of carbonyl (C=O) groups excluding carboxylic acids is 2. The van der Waals surface area contributed by atoms with E-state index in [0.717, 1.165) is 17.7 Å². The third-order valence-electron chi connectivity index (χ3n) is 3.81. The number of hydrogen-bond donors (Lipinski definition) is 1. The van der Waals surface area contributed by atoms with Gasteiger partial charge in [-0.2, -0.15) is 13.2 Å². The normalized spacial score (nSPS) is 11.0. The van der Waals surface area contributed by atoms with Gasteiger partial charge in [0.2, 0.25) is 12.3 Å². The van der Waals surface area contributed by atoms with Crippen molar-refractivity contribution in [2.75, 3.05) is 13.7 Å². The van der Waals surface area contributed by atoms with Crippen LogP contribution in [0.4, 0.5) is 13.2 Å². The highest BCUT2D eigenvalue weighted by Gasteiger charge is 2.29. The number of amides is 2. The molecule has 0 saturated carbocycles. The molecule has 1 N–H and O–H groups in total. The average Bonchev–Trinajstić information content (AvgIpc) is 2.66. The molecule has 0 radical (unpaired) electrons. The molecule has 0 bridgehead atoms. The van der Waals surface area contributed by atoms with E-state index in [1.165, 1.54) is 17.0 Å². The number of alkyl halides is 3. The van der Waals surface area contributed by atoms with Crippen molar-refractivity contribution in [3.05, 3.63) is 65.2 Å². The van der Waals surface area contributed by atoms with Crippen molar-refractivity contribution in [1.82, 2.24) is 10.2 Å². The Morgan fingerprint density at radius 3 is 2.19 bits per heavy atom. The smallest absolute Gasteiger partial charge is 0.416 e. The molecular weight excluding hydrogens is 361 g/mol. The second-order valence-corrected chi connectivity index (χ2v) is 5.83. The molecule has 2 aromatic rings. The molecule has 27 heavy (non-hydrogen) atoms. The van der Waals surface area contributed by atoms with E-state index >= 15 is 0 Å². The molecule has 5 nitrogen and oxygen atoms in total. The molecule has 0 aliphatic carbocycles. The molecule has 2 amide bonds. The number of ether oxygens (including phenoxy) is 1. The fraction of sp³-hybridized carbons (Fsp3) is 0.263. The fourth-order valence-electron chi connectivity index (χ4n) is 2.35. The third kappa shape index (κ3) is 6.32. The van der Waals surface area contributed by atoms with Crippen molar-refractivity contribution < 1.29 is 27.5 Å². The maximum absolute atomic E-state index is 12.5. The summed E-state index contributed by atoms with van der Waals surface area (Å²) in [6, 6.07) is 11.6. The summed E-state index contributed by atoms with van der Waals surface area (Å²) >= 11 is 0. The first-order valence-electron chi connectivity index (χ1n) is 8.07. The predicted molar refractivity (Wildman–Crippen MR) is 92.8 cm³/mol. The first-order valence-corrected chi connectivity index (χ1v) is 8.07. The second kappa shape index (κ2) is 9.07. The van der Waals surface area contributed by atoms with Gasteiger partial charge in [-0.25, -0.2) is 0 Å². The van der Waals surface area contributed by atoms with Crippen molar-refractivity contribution in [1.29, 1.82) is 0 Å². The van der Waals surface area contributed by atoms with Crippen LogP contribution < -0.4 is 10.1 Å². The van der Waals surface area contributed by atoms with Crippen molar-refractivity contribution >= 4 is 12.3 Å². The number of benzene rings is 2.